The van der Waals surface area contributed by atoms with Crippen molar-refractivity contribution in [1.82, 2.24) is 4.90 Å². The van der Waals surface area contributed by atoms with Crippen LogP contribution in [0, 0.1) is 18.2 Å². The van der Waals surface area contributed by atoms with E-state index in [0.717, 1.165) is 23.1 Å². The maximum atomic E-state index is 15.2. The molecule has 0 aromatic heterocycles. The van der Waals surface area contributed by atoms with Gasteiger partial charge in [0.2, 0.25) is 5.69 Å². The fraction of sp³-hybridized carbons (Fsp3) is 0.348. The van der Waals surface area contributed by atoms with E-state index in [1.807, 2.05) is 0 Å². The lowest BCUT2D eigenvalue weighted by Crippen LogP contribution is -2.53. The molecule has 0 saturated carbocycles. The number of alkyl halides is 2. The summed E-state index contributed by atoms with van der Waals surface area (Å²) in [5.41, 5.74) is -1.87. The summed E-state index contributed by atoms with van der Waals surface area (Å²) in [6.45, 7) is 6.91. The van der Waals surface area contributed by atoms with Crippen LogP contribution in [0.3, 0.4) is 0 Å². The fourth-order valence-corrected chi connectivity index (χ4v) is 4.54. The molecule has 2 saturated heterocycles. The topological polar surface area (TPSA) is 74.0 Å². The van der Waals surface area contributed by atoms with E-state index in [9.17, 15) is 23.5 Å². The van der Waals surface area contributed by atoms with Crippen LogP contribution < -0.4 is 5.32 Å². The summed E-state index contributed by atoms with van der Waals surface area (Å²) in [7, 11) is 0. The van der Waals surface area contributed by atoms with Crippen LogP contribution in [0.1, 0.15) is 41.6 Å². The van der Waals surface area contributed by atoms with Crippen LogP contribution in [0.4, 0.5) is 28.9 Å². The molecule has 3 atom stereocenters. The largest absolute Gasteiger partial charge is 0.393 e. The first-order chi connectivity index (χ1) is 15.6. The third kappa shape index (κ3) is 4.16. The van der Waals surface area contributed by atoms with Gasteiger partial charge in [0.1, 0.15) is 11.6 Å². The molecule has 172 valence electrons. The number of benzene rings is 2. The molecule has 2 bridgehead atoms. The number of fused-ring (bicyclic) bond motifs is 2. The lowest BCUT2D eigenvalue weighted by molar-refractivity contribution is -0.166. The third-order valence-electron chi connectivity index (χ3n) is 6.10. The second-order valence-corrected chi connectivity index (χ2v) is 8.22. The first-order valence-corrected chi connectivity index (χ1v) is 10.3. The maximum absolute atomic E-state index is 15.2. The maximum Gasteiger partial charge on any atom is 0.352 e. The Kier molecular flexibility index (Phi) is 5.84. The van der Waals surface area contributed by atoms with Gasteiger partial charge in [0.05, 0.1) is 18.2 Å². The lowest BCUT2D eigenvalue weighted by Gasteiger charge is -2.39. The third-order valence-corrected chi connectivity index (χ3v) is 6.10. The minimum atomic E-state index is -4.23. The number of amides is 2. The summed E-state index contributed by atoms with van der Waals surface area (Å²) >= 11 is 0. The number of piperidine rings is 1. The summed E-state index contributed by atoms with van der Waals surface area (Å²) < 4.78 is 58.2. The molecule has 10 heteroatoms. The van der Waals surface area contributed by atoms with Crippen molar-refractivity contribution in [2.45, 2.75) is 49.8 Å². The summed E-state index contributed by atoms with van der Waals surface area (Å²) in [4.78, 5) is 29.3. The van der Waals surface area contributed by atoms with Gasteiger partial charge in [-0.15, -0.1) is 0 Å². The van der Waals surface area contributed by atoms with Gasteiger partial charge in [-0.25, -0.2) is 13.6 Å². The molecular weight excluding hydrogens is 442 g/mol. The lowest BCUT2D eigenvalue weighted by atomic mass is 9.96. The van der Waals surface area contributed by atoms with Crippen molar-refractivity contribution in [3.05, 3.63) is 70.6 Å². The Hall–Kier alpha value is -3.45. The van der Waals surface area contributed by atoms with Crippen LogP contribution in [-0.4, -0.2) is 40.0 Å². The number of aliphatic hydroxyl groups is 1. The van der Waals surface area contributed by atoms with Gasteiger partial charge < -0.3 is 15.3 Å². The van der Waals surface area contributed by atoms with Crippen molar-refractivity contribution in [3.8, 4) is 0 Å². The Morgan fingerprint density at radius 3 is 2.33 bits per heavy atom. The van der Waals surface area contributed by atoms with Crippen LogP contribution in [0.5, 0.6) is 0 Å². The molecule has 1 unspecified atom stereocenters. The van der Waals surface area contributed by atoms with Gasteiger partial charge in [-0.1, -0.05) is 0 Å². The van der Waals surface area contributed by atoms with Crippen LogP contribution >= 0.6 is 0 Å². The van der Waals surface area contributed by atoms with Gasteiger partial charge in [0.25, 0.3) is 11.8 Å². The SMILES string of the molecule is [C-]#[N+]c1cc(NC(=O)c2ccc(F)c(C(F)(F)C(=O)N3[C@@H]4CC[C@H]3CC(O)C4)c2)ccc1F. The number of carbonyl (C=O) groups is 2. The molecule has 2 aromatic rings. The quantitative estimate of drug-likeness (QED) is 0.525. The zero-order valence-corrected chi connectivity index (χ0v) is 17.2. The Morgan fingerprint density at radius 1 is 1.06 bits per heavy atom. The van der Waals surface area contributed by atoms with Gasteiger partial charge in [0.15, 0.2) is 0 Å². The molecule has 0 radical (unpaired) electrons. The average molecular weight is 461 g/mol. The molecule has 2 aliphatic heterocycles. The first-order valence-electron chi connectivity index (χ1n) is 10.3. The van der Waals surface area contributed by atoms with Crippen LogP contribution in [0.15, 0.2) is 36.4 Å². The molecule has 2 aromatic carbocycles. The van der Waals surface area contributed by atoms with Crippen molar-refractivity contribution >= 4 is 23.2 Å². The summed E-state index contributed by atoms with van der Waals surface area (Å²) in [5, 5.41) is 12.2. The monoisotopic (exact) mass is 461 g/mol. The number of hydrogen-bond acceptors (Lipinski definition) is 3. The van der Waals surface area contributed by atoms with E-state index in [-0.39, 0.29) is 29.8 Å². The van der Waals surface area contributed by atoms with E-state index in [0.29, 0.717) is 25.0 Å². The van der Waals surface area contributed by atoms with Crippen LogP contribution in [0.25, 0.3) is 4.85 Å². The molecular formula is C23H19F4N3O3. The number of nitrogens with zero attached hydrogens (tertiary/aromatic N) is 2. The number of halogens is 4. The number of rotatable bonds is 4. The highest BCUT2D eigenvalue weighted by Crippen LogP contribution is 2.41. The van der Waals surface area contributed by atoms with E-state index in [1.165, 1.54) is 6.07 Å². The van der Waals surface area contributed by atoms with Crippen LogP contribution in [0.2, 0.25) is 0 Å². The van der Waals surface area contributed by atoms with Gasteiger partial charge in [0, 0.05) is 23.3 Å². The van der Waals surface area contributed by atoms with Crippen molar-refractivity contribution in [1.29, 1.82) is 0 Å². The number of hydrogen-bond donors (Lipinski definition) is 2. The Bertz CT molecular complexity index is 1150. The Balaban J connectivity index is 1.59. The van der Waals surface area contributed by atoms with E-state index >= 15 is 8.78 Å². The average Bonchev–Trinajstić information content (AvgIpc) is 3.05. The normalized spacial score (nSPS) is 22.1. The van der Waals surface area contributed by atoms with Crippen LogP contribution in [-0.2, 0) is 10.7 Å². The molecule has 6 nitrogen and oxygen atoms in total. The predicted octanol–water partition coefficient (Wildman–Crippen LogP) is 4.37. The van der Waals surface area contributed by atoms with Gasteiger partial charge in [-0.2, -0.15) is 8.78 Å². The number of carbonyl (C=O) groups excluding carboxylic acids is 2. The first kappa shape index (κ1) is 22.7. The number of aliphatic hydroxyl groups excluding tert-OH is 1. The van der Waals surface area contributed by atoms with E-state index in [1.54, 1.807) is 0 Å². The van der Waals surface area contributed by atoms with E-state index in [4.69, 9.17) is 6.57 Å². The zero-order chi connectivity index (χ0) is 23.9. The number of anilines is 1. The molecule has 2 aliphatic rings. The minimum Gasteiger partial charge on any atom is -0.393 e. The summed E-state index contributed by atoms with van der Waals surface area (Å²) in [5.74, 6) is -8.81. The molecule has 2 fully saturated rings. The van der Waals surface area contributed by atoms with Crippen molar-refractivity contribution in [3.63, 3.8) is 0 Å². The Morgan fingerprint density at radius 2 is 1.70 bits per heavy atom. The fourth-order valence-electron chi connectivity index (χ4n) is 4.54. The summed E-state index contributed by atoms with van der Waals surface area (Å²) in [6, 6.07) is 4.42. The van der Waals surface area contributed by atoms with Gasteiger partial charge >= 0.3 is 5.92 Å². The minimum absolute atomic E-state index is 0.0459. The van der Waals surface area contributed by atoms with Gasteiger partial charge in [-0.3, -0.25) is 9.59 Å². The van der Waals surface area contributed by atoms with Crippen molar-refractivity contribution in [2.75, 3.05) is 5.32 Å². The second kappa shape index (κ2) is 8.48. The van der Waals surface area contributed by atoms with E-state index < -0.39 is 53.1 Å². The number of nitrogens with one attached hydrogen (secondary N) is 1. The second-order valence-electron chi connectivity index (χ2n) is 8.22. The molecule has 4 rings (SSSR count). The summed E-state index contributed by atoms with van der Waals surface area (Å²) in [6.07, 6.45) is 0.678. The molecule has 33 heavy (non-hydrogen) atoms. The molecule has 2 N–H and O–H groups in total. The highest BCUT2D eigenvalue weighted by molar-refractivity contribution is 6.04. The Labute approximate surface area is 186 Å². The standard InChI is InChI=1S/C23H19F4N3O3/c1-28-20-9-13(3-7-19(20)25)29-21(32)12-2-6-18(24)17(8-12)23(26,27)22(33)30-14-4-5-15(30)11-16(31)10-14/h2-3,6-9,14-16,31H,4-5,10-11H2,(H,29,32)/t14-,15+,16?. The highest BCUT2D eigenvalue weighted by Gasteiger charge is 2.53. The van der Waals surface area contributed by atoms with E-state index in [2.05, 4.69) is 10.2 Å². The molecule has 0 spiro atoms. The molecule has 0 aliphatic carbocycles. The molecule has 2 heterocycles. The van der Waals surface area contributed by atoms with Crippen molar-refractivity contribution in [2.24, 2.45) is 0 Å². The predicted molar refractivity (Wildman–Crippen MR) is 110 cm³/mol. The van der Waals surface area contributed by atoms with Crippen molar-refractivity contribution < 1.29 is 32.3 Å². The van der Waals surface area contributed by atoms with Gasteiger partial charge in [-0.05, 0) is 62.1 Å². The smallest absolute Gasteiger partial charge is 0.352 e. The zero-order valence-electron chi connectivity index (χ0n) is 17.2. The molecule has 2 amide bonds. The highest BCUT2D eigenvalue weighted by atomic mass is 19.3.